The molecular weight excluding hydrogens is 466 g/mol. The Morgan fingerprint density at radius 3 is 2.53 bits per heavy atom. The van der Waals surface area contributed by atoms with Crippen molar-refractivity contribution in [1.82, 2.24) is 9.88 Å². The Kier molecular flexibility index (Phi) is 6.10. The predicted molar refractivity (Wildman–Crippen MR) is 136 cm³/mol. The van der Waals surface area contributed by atoms with Crippen molar-refractivity contribution in [2.45, 2.75) is 30.6 Å². The molecule has 8 heteroatoms. The Balaban J connectivity index is 1.30. The maximum Gasteiger partial charge on any atom is 0.261 e. The number of sulfonamides is 1. The van der Waals surface area contributed by atoms with Gasteiger partial charge in [-0.25, -0.2) is 13.4 Å². The van der Waals surface area contributed by atoms with Gasteiger partial charge in [-0.2, -0.15) is 0 Å². The predicted octanol–water partition coefficient (Wildman–Crippen LogP) is 5.43. The van der Waals surface area contributed by atoms with Gasteiger partial charge in [-0.15, -0.1) is 11.3 Å². The number of benzene rings is 3. The van der Waals surface area contributed by atoms with Crippen molar-refractivity contribution < 1.29 is 13.2 Å². The summed E-state index contributed by atoms with van der Waals surface area (Å²) >= 11 is 1.70. The molecule has 4 aromatic rings. The smallest absolute Gasteiger partial charge is 0.261 e. The number of likely N-dealkylation sites (tertiary alicyclic amines) is 1. The second-order valence-electron chi connectivity index (χ2n) is 8.55. The van der Waals surface area contributed by atoms with Crippen LogP contribution in [0.4, 0.5) is 5.69 Å². The molecule has 0 unspecified atom stereocenters. The van der Waals surface area contributed by atoms with E-state index in [-0.39, 0.29) is 16.7 Å². The lowest BCUT2D eigenvalue weighted by Gasteiger charge is -2.32. The van der Waals surface area contributed by atoms with Crippen molar-refractivity contribution in [2.24, 2.45) is 0 Å². The van der Waals surface area contributed by atoms with Crippen molar-refractivity contribution in [3.63, 3.8) is 0 Å². The molecule has 0 aliphatic carbocycles. The first kappa shape index (κ1) is 22.6. The maximum atomic E-state index is 13.2. The van der Waals surface area contributed by atoms with E-state index >= 15 is 0 Å². The zero-order chi connectivity index (χ0) is 23.7. The molecule has 1 aliphatic rings. The number of rotatable bonds is 5. The van der Waals surface area contributed by atoms with Crippen LogP contribution in [0.1, 0.15) is 39.7 Å². The molecule has 0 radical (unpaired) electrons. The van der Waals surface area contributed by atoms with Gasteiger partial charge in [0.1, 0.15) is 0 Å². The zero-order valence-electron chi connectivity index (χ0n) is 18.8. The fourth-order valence-corrected chi connectivity index (χ4v) is 6.50. The number of amides is 1. The molecule has 1 atom stereocenters. The quantitative estimate of drug-likeness (QED) is 0.404. The topological polar surface area (TPSA) is 79.4 Å². The van der Waals surface area contributed by atoms with Gasteiger partial charge in [-0.05, 0) is 67.8 Å². The average Bonchev–Trinajstić information content (AvgIpc) is 3.30. The number of aromatic nitrogens is 1. The highest BCUT2D eigenvalue weighted by Gasteiger charge is 2.28. The van der Waals surface area contributed by atoms with E-state index < -0.39 is 10.0 Å². The zero-order valence-corrected chi connectivity index (χ0v) is 20.4. The molecule has 0 saturated carbocycles. The lowest BCUT2D eigenvalue weighted by atomic mass is 9.98. The lowest BCUT2D eigenvalue weighted by Crippen LogP contribution is -2.39. The SMILES string of the molecule is Cc1ccccc1NS(=O)(=O)c1ccc(C(=O)N2CCC[C@@H](c3nc4ccccc4s3)C2)cc1. The molecule has 1 N–H and O–H groups in total. The van der Waals surface area contributed by atoms with Gasteiger partial charge in [0.25, 0.3) is 15.9 Å². The highest BCUT2D eigenvalue weighted by atomic mass is 32.2. The Morgan fingerprint density at radius 2 is 1.76 bits per heavy atom. The number of fused-ring (bicyclic) bond motifs is 1. The van der Waals surface area contributed by atoms with Crippen LogP contribution < -0.4 is 4.72 Å². The number of aryl methyl sites for hydroxylation is 1. The Bertz CT molecular complexity index is 1410. The van der Waals surface area contributed by atoms with Crippen LogP contribution in [-0.2, 0) is 10.0 Å². The number of carbonyl (C=O) groups excluding carboxylic acids is 1. The van der Waals surface area contributed by atoms with Crippen molar-refractivity contribution in [2.75, 3.05) is 17.8 Å². The van der Waals surface area contributed by atoms with Gasteiger partial charge < -0.3 is 4.90 Å². The summed E-state index contributed by atoms with van der Waals surface area (Å²) in [6.07, 6.45) is 1.92. The molecule has 0 bridgehead atoms. The van der Waals surface area contributed by atoms with Crippen molar-refractivity contribution in [1.29, 1.82) is 0 Å². The van der Waals surface area contributed by atoms with Gasteiger partial charge in [0.05, 0.1) is 25.8 Å². The number of nitrogens with one attached hydrogen (secondary N) is 1. The third-order valence-electron chi connectivity index (χ3n) is 6.17. The number of nitrogens with zero attached hydrogens (tertiary/aromatic N) is 2. The van der Waals surface area contributed by atoms with E-state index in [4.69, 9.17) is 4.98 Å². The van der Waals surface area contributed by atoms with Gasteiger partial charge in [-0.3, -0.25) is 9.52 Å². The summed E-state index contributed by atoms with van der Waals surface area (Å²) in [4.78, 5) is 20.0. The number of carbonyl (C=O) groups is 1. The summed E-state index contributed by atoms with van der Waals surface area (Å²) in [5.41, 5.74) is 2.87. The van der Waals surface area contributed by atoms with Gasteiger partial charge in [-0.1, -0.05) is 30.3 Å². The first-order chi connectivity index (χ1) is 16.4. The molecule has 3 aromatic carbocycles. The van der Waals surface area contributed by atoms with E-state index in [2.05, 4.69) is 10.8 Å². The molecule has 2 heterocycles. The van der Waals surface area contributed by atoms with Gasteiger partial charge in [0, 0.05) is 24.6 Å². The lowest BCUT2D eigenvalue weighted by molar-refractivity contribution is 0.0707. The van der Waals surface area contributed by atoms with Crippen LogP contribution in [0.2, 0.25) is 0 Å². The molecule has 5 rings (SSSR count). The van der Waals surface area contributed by atoms with Crippen LogP contribution >= 0.6 is 11.3 Å². The third-order valence-corrected chi connectivity index (χ3v) is 8.75. The monoisotopic (exact) mass is 491 g/mol. The third kappa shape index (κ3) is 4.56. The van der Waals surface area contributed by atoms with E-state index in [0.29, 0.717) is 24.3 Å². The number of piperidine rings is 1. The Labute approximate surface area is 203 Å². The van der Waals surface area contributed by atoms with E-state index in [0.717, 1.165) is 33.6 Å². The molecule has 1 saturated heterocycles. The molecule has 174 valence electrons. The average molecular weight is 492 g/mol. The Hall–Kier alpha value is -3.23. The summed E-state index contributed by atoms with van der Waals surface area (Å²) in [6.45, 7) is 3.16. The Morgan fingerprint density at radius 1 is 1.03 bits per heavy atom. The van der Waals surface area contributed by atoms with Crippen LogP contribution in [0.3, 0.4) is 0 Å². The minimum absolute atomic E-state index is 0.0818. The van der Waals surface area contributed by atoms with Crippen LogP contribution in [-0.4, -0.2) is 37.3 Å². The second kappa shape index (κ2) is 9.19. The fraction of sp³-hybridized carbons (Fsp3) is 0.231. The highest BCUT2D eigenvalue weighted by molar-refractivity contribution is 7.92. The molecular formula is C26H25N3O3S2. The first-order valence-corrected chi connectivity index (χ1v) is 13.5. The highest BCUT2D eigenvalue weighted by Crippen LogP contribution is 2.33. The largest absolute Gasteiger partial charge is 0.338 e. The number of para-hydroxylation sites is 2. The molecule has 34 heavy (non-hydrogen) atoms. The fourth-order valence-electron chi connectivity index (χ4n) is 4.28. The summed E-state index contributed by atoms with van der Waals surface area (Å²) in [6, 6.07) is 21.5. The normalized spacial score (nSPS) is 16.5. The van der Waals surface area contributed by atoms with E-state index in [1.807, 2.05) is 42.2 Å². The van der Waals surface area contributed by atoms with Crippen LogP contribution in [0.15, 0.2) is 77.7 Å². The maximum absolute atomic E-state index is 13.2. The molecule has 6 nitrogen and oxygen atoms in total. The van der Waals surface area contributed by atoms with Crippen LogP contribution in [0.5, 0.6) is 0 Å². The number of hydrogen-bond acceptors (Lipinski definition) is 5. The van der Waals surface area contributed by atoms with E-state index in [1.54, 1.807) is 35.6 Å². The summed E-state index contributed by atoms with van der Waals surface area (Å²) in [7, 11) is -3.74. The molecule has 1 aliphatic heterocycles. The summed E-state index contributed by atoms with van der Waals surface area (Å²) in [5.74, 6) is 0.134. The van der Waals surface area contributed by atoms with Crippen molar-refractivity contribution >= 4 is 43.2 Å². The van der Waals surface area contributed by atoms with E-state index in [9.17, 15) is 13.2 Å². The molecule has 1 amide bonds. The summed E-state index contributed by atoms with van der Waals surface area (Å²) in [5, 5.41) is 1.07. The van der Waals surface area contributed by atoms with E-state index in [1.165, 1.54) is 12.1 Å². The first-order valence-electron chi connectivity index (χ1n) is 11.2. The van der Waals surface area contributed by atoms with Gasteiger partial charge in [0.15, 0.2) is 0 Å². The van der Waals surface area contributed by atoms with Gasteiger partial charge >= 0.3 is 0 Å². The number of anilines is 1. The van der Waals surface area contributed by atoms with Crippen molar-refractivity contribution in [3.05, 3.63) is 88.9 Å². The second-order valence-corrected chi connectivity index (χ2v) is 11.3. The molecule has 1 fully saturated rings. The van der Waals surface area contributed by atoms with Crippen molar-refractivity contribution in [3.8, 4) is 0 Å². The number of hydrogen-bond donors (Lipinski definition) is 1. The van der Waals surface area contributed by atoms with Crippen LogP contribution in [0, 0.1) is 6.92 Å². The number of thiazole rings is 1. The molecule has 1 aromatic heterocycles. The molecule has 0 spiro atoms. The minimum atomic E-state index is -3.74. The summed E-state index contributed by atoms with van der Waals surface area (Å²) < 4.78 is 29.4. The standard InChI is InChI=1S/C26H25N3O3S2/c1-18-7-2-3-9-22(18)28-34(31,32)21-14-12-19(13-15-21)26(30)29-16-6-8-20(17-29)25-27-23-10-4-5-11-24(23)33-25/h2-5,7,9-15,20,28H,6,8,16-17H2,1H3/t20-/m1/s1. The minimum Gasteiger partial charge on any atom is -0.338 e. The van der Waals surface area contributed by atoms with Crippen LogP contribution in [0.25, 0.3) is 10.2 Å². The van der Waals surface area contributed by atoms with Gasteiger partial charge in [0.2, 0.25) is 0 Å².